The highest BCUT2D eigenvalue weighted by Gasteiger charge is 2.26. The van der Waals surface area contributed by atoms with Crippen molar-refractivity contribution in [1.29, 1.82) is 0 Å². The summed E-state index contributed by atoms with van der Waals surface area (Å²) in [4.78, 5) is 22.0. The Balaban J connectivity index is 1.80. The van der Waals surface area contributed by atoms with Gasteiger partial charge in [0.1, 0.15) is 12.0 Å². The number of hydrogen-bond acceptors (Lipinski definition) is 6. The number of carbonyl (C=O) groups excluding carboxylic acids is 1. The molecule has 0 spiro atoms. The van der Waals surface area contributed by atoms with E-state index in [1.165, 1.54) is 13.0 Å². The van der Waals surface area contributed by atoms with E-state index in [1.54, 1.807) is 18.5 Å². The van der Waals surface area contributed by atoms with Crippen LogP contribution in [0.25, 0.3) is 0 Å². The third-order valence-corrected chi connectivity index (χ3v) is 3.63. The summed E-state index contributed by atoms with van der Waals surface area (Å²) >= 11 is 0. The maximum atomic E-state index is 11.3. The number of anilines is 1. The number of hydrogen-bond donors (Lipinski definition) is 1. The molecule has 1 aliphatic carbocycles. The lowest BCUT2D eigenvalue weighted by Gasteiger charge is -2.09. The number of aromatic nitrogens is 3. The third kappa shape index (κ3) is 2.80. The topological polar surface area (TPSA) is 103 Å². The van der Waals surface area contributed by atoms with Gasteiger partial charge in [0, 0.05) is 17.7 Å². The first-order chi connectivity index (χ1) is 10.6. The van der Waals surface area contributed by atoms with Crippen LogP contribution in [-0.4, -0.2) is 25.5 Å². The van der Waals surface area contributed by atoms with Crippen molar-refractivity contribution >= 4 is 17.2 Å². The Morgan fingerprint density at radius 3 is 2.91 bits per heavy atom. The standard InChI is InChI=1S/C14H15N5O3/c1-9(20)10-2-5-12(13(6-10)19(21)22)15-7-14-17-16-8-18(14)11-3-4-11/h2,5-6,8,11,15H,3-4,7H2,1H3. The zero-order chi connectivity index (χ0) is 15.7. The minimum atomic E-state index is -0.500. The summed E-state index contributed by atoms with van der Waals surface area (Å²) in [6, 6.07) is 4.86. The molecule has 2 aromatic rings. The lowest BCUT2D eigenvalue weighted by Crippen LogP contribution is -2.09. The number of carbonyl (C=O) groups is 1. The molecule has 8 nitrogen and oxygen atoms in total. The van der Waals surface area contributed by atoms with Gasteiger partial charge in [-0.1, -0.05) is 0 Å². The van der Waals surface area contributed by atoms with Crippen LogP contribution in [0.15, 0.2) is 24.5 Å². The summed E-state index contributed by atoms with van der Waals surface area (Å²) < 4.78 is 1.99. The van der Waals surface area contributed by atoms with E-state index >= 15 is 0 Å². The SMILES string of the molecule is CC(=O)c1ccc(NCc2nncn2C2CC2)c([N+](=O)[O-])c1. The van der Waals surface area contributed by atoms with E-state index in [-0.39, 0.29) is 11.5 Å². The molecule has 0 aliphatic heterocycles. The summed E-state index contributed by atoms with van der Waals surface area (Å²) in [5.41, 5.74) is 0.559. The molecule has 1 aromatic carbocycles. The van der Waals surface area contributed by atoms with E-state index in [1.807, 2.05) is 4.57 Å². The van der Waals surface area contributed by atoms with Gasteiger partial charge in [-0.05, 0) is 31.9 Å². The fraction of sp³-hybridized carbons (Fsp3) is 0.357. The summed E-state index contributed by atoms with van der Waals surface area (Å²) in [7, 11) is 0. The first-order valence-electron chi connectivity index (χ1n) is 6.98. The van der Waals surface area contributed by atoms with Gasteiger partial charge in [-0.3, -0.25) is 14.9 Å². The van der Waals surface area contributed by atoms with Crippen molar-refractivity contribution in [2.24, 2.45) is 0 Å². The summed E-state index contributed by atoms with van der Waals surface area (Å²) in [5, 5.41) is 22.1. The van der Waals surface area contributed by atoms with Crippen molar-refractivity contribution in [3.8, 4) is 0 Å². The van der Waals surface area contributed by atoms with Gasteiger partial charge in [0.2, 0.25) is 0 Å². The molecule has 1 aromatic heterocycles. The Kier molecular flexibility index (Phi) is 3.58. The number of nitro benzene ring substituents is 1. The number of ketones is 1. The second-order valence-electron chi connectivity index (χ2n) is 5.28. The van der Waals surface area contributed by atoms with Gasteiger partial charge in [0.15, 0.2) is 11.6 Å². The summed E-state index contributed by atoms with van der Waals surface area (Å²) in [6.45, 7) is 1.72. The van der Waals surface area contributed by atoms with Crippen LogP contribution in [-0.2, 0) is 6.54 Å². The number of nitro groups is 1. The molecular formula is C14H15N5O3. The highest BCUT2D eigenvalue weighted by molar-refractivity contribution is 5.95. The van der Waals surface area contributed by atoms with Crippen LogP contribution in [0, 0.1) is 10.1 Å². The van der Waals surface area contributed by atoms with Crippen molar-refractivity contribution in [3.05, 3.63) is 46.0 Å². The Labute approximate surface area is 126 Å². The van der Waals surface area contributed by atoms with Crippen LogP contribution in [0.1, 0.15) is 42.0 Å². The van der Waals surface area contributed by atoms with Crippen LogP contribution in [0.5, 0.6) is 0 Å². The van der Waals surface area contributed by atoms with E-state index in [2.05, 4.69) is 15.5 Å². The molecular weight excluding hydrogens is 286 g/mol. The summed E-state index contributed by atoms with van der Waals surface area (Å²) in [6.07, 6.45) is 3.90. The maximum Gasteiger partial charge on any atom is 0.293 e. The van der Waals surface area contributed by atoms with Gasteiger partial charge in [0.05, 0.1) is 11.5 Å². The Morgan fingerprint density at radius 1 is 1.50 bits per heavy atom. The predicted octanol–water partition coefficient (Wildman–Crippen LogP) is 2.34. The fourth-order valence-electron chi connectivity index (χ4n) is 2.28. The van der Waals surface area contributed by atoms with E-state index in [4.69, 9.17) is 0 Å². The number of Topliss-reactive ketones (excluding diaryl/α,β-unsaturated/α-hetero) is 1. The second kappa shape index (κ2) is 5.55. The van der Waals surface area contributed by atoms with Crippen molar-refractivity contribution in [1.82, 2.24) is 14.8 Å². The lowest BCUT2D eigenvalue weighted by molar-refractivity contribution is -0.384. The van der Waals surface area contributed by atoms with E-state index in [0.29, 0.717) is 23.8 Å². The molecule has 3 rings (SSSR count). The molecule has 8 heteroatoms. The average molecular weight is 301 g/mol. The Morgan fingerprint density at radius 2 is 2.27 bits per heavy atom. The molecule has 1 heterocycles. The van der Waals surface area contributed by atoms with Crippen LogP contribution in [0.3, 0.4) is 0 Å². The maximum absolute atomic E-state index is 11.3. The lowest BCUT2D eigenvalue weighted by atomic mass is 10.1. The van der Waals surface area contributed by atoms with Gasteiger partial charge in [-0.25, -0.2) is 0 Å². The molecule has 1 aliphatic rings. The number of nitrogens with one attached hydrogen (secondary N) is 1. The smallest absolute Gasteiger partial charge is 0.293 e. The van der Waals surface area contributed by atoms with Crippen molar-refractivity contribution in [2.45, 2.75) is 32.4 Å². The van der Waals surface area contributed by atoms with Crippen molar-refractivity contribution < 1.29 is 9.72 Å². The molecule has 0 unspecified atom stereocenters. The zero-order valence-electron chi connectivity index (χ0n) is 12.0. The van der Waals surface area contributed by atoms with Gasteiger partial charge in [-0.15, -0.1) is 10.2 Å². The van der Waals surface area contributed by atoms with Gasteiger partial charge < -0.3 is 9.88 Å². The average Bonchev–Trinajstić information content (AvgIpc) is 3.23. The molecule has 114 valence electrons. The van der Waals surface area contributed by atoms with E-state index in [0.717, 1.165) is 18.7 Å². The zero-order valence-corrected chi connectivity index (χ0v) is 12.0. The highest BCUT2D eigenvalue weighted by atomic mass is 16.6. The first-order valence-corrected chi connectivity index (χ1v) is 6.98. The molecule has 1 fully saturated rings. The van der Waals surface area contributed by atoms with E-state index < -0.39 is 4.92 Å². The molecule has 22 heavy (non-hydrogen) atoms. The van der Waals surface area contributed by atoms with Crippen molar-refractivity contribution in [2.75, 3.05) is 5.32 Å². The molecule has 0 amide bonds. The quantitative estimate of drug-likeness (QED) is 0.499. The number of rotatable bonds is 6. The fourth-order valence-corrected chi connectivity index (χ4v) is 2.28. The third-order valence-electron chi connectivity index (χ3n) is 3.63. The first kappa shape index (κ1) is 14.2. The second-order valence-corrected chi connectivity index (χ2v) is 5.28. The van der Waals surface area contributed by atoms with Gasteiger partial charge >= 0.3 is 0 Å². The van der Waals surface area contributed by atoms with Gasteiger partial charge in [0.25, 0.3) is 5.69 Å². The predicted molar refractivity (Wildman–Crippen MR) is 78.7 cm³/mol. The number of nitrogens with zero attached hydrogens (tertiary/aromatic N) is 4. The molecule has 1 saturated carbocycles. The van der Waals surface area contributed by atoms with Crippen LogP contribution >= 0.6 is 0 Å². The van der Waals surface area contributed by atoms with Crippen LogP contribution < -0.4 is 5.32 Å². The molecule has 1 N–H and O–H groups in total. The summed E-state index contributed by atoms with van der Waals surface area (Å²) in [5.74, 6) is 0.538. The minimum Gasteiger partial charge on any atom is -0.372 e. The molecule has 0 bridgehead atoms. The Bertz CT molecular complexity index is 736. The van der Waals surface area contributed by atoms with Crippen LogP contribution in [0.2, 0.25) is 0 Å². The van der Waals surface area contributed by atoms with Crippen molar-refractivity contribution in [3.63, 3.8) is 0 Å². The monoisotopic (exact) mass is 301 g/mol. The molecule has 0 saturated heterocycles. The molecule has 0 radical (unpaired) electrons. The largest absolute Gasteiger partial charge is 0.372 e. The minimum absolute atomic E-state index is 0.120. The normalized spacial score (nSPS) is 13.9. The Hall–Kier alpha value is -2.77. The van der Waals surface area contributed by atoms with E-state index in [9.17, 15) is 14.9 Å². The van der Waals surface area contributed by atoms with Gasteiger partial charge in [-0.2, -0.15) is 0 Å². The number of benzene rings is 1. The molecule has 0 atom stereocenters. The highest BCUT2D eigenvalue weighted by Crippen LogP contribution is 2.35. The van der Waals surface area contributed by atoms with Crippen LogP contribution in [0.4, 0.5) is 11.4 Å².